The number of piperazine rings is 1. The number of amides is 2. The fraction of sp³-hybridized carbons (Fsp3) is 0.857. The summed E-state index contributed by atoms with van der Waals surface area (Å²) in [5.74, 6) is 0.775. The van der Waals surface area contributed by atoms with E-state index in [0.717, 1.165) is 19.3 Å². The second-order valence-corrected chi connectivity index (χ2v) is 5.28. The number of hydrogen-bond donors (Lipinski definition) is 1. The SMILES string of the molecule is CCC(CC)CN1C(=O)CNC(=O)C1C(C)CC. The maximum absolute atomic E-state index is 12.0. The first-order chi connectivity index (χ1) is 8.54. The van der Waals surface area contributed by atoms with Gasteiger partial charge in [0, 0.05) is 6.54 Å². The molecule has 4 nitrogen and oxygen atoms in total. The van der Waals surface area contributed by atoms with E-state index in [9.17, 15) is 9.59 Å². The number of hydrogen-bond acceptors (Lipinski definition) is 2. The Morgan fingerprint density at radius 3 is 2.33 bits per heavy atom. The third-order valence-electron chi connectivity index (χ3n) is 4.13. The second kappa shape index (κ2) is 6.76. The summed E-state index contributed by atoms with van der Waals surface area (Å²) in [5, 5.41) is 2.71. The molecule has 1 rings (SSSR count). The molecule has 0 aromatic carbocycles. The molecule has 2 amide bonds. The summed E-state index contributed by atoms with van der Waals surface area (Å²) in [5.41, 5.74) is 0. The molecule has 1 aliphatic rings. The Hall–Kier alpha value is -1.06. The van der Waals surface area contributed by atoms with Crippen LogP contribution in [0.15, 0.2) is 0 Å². The first kappa shape index (κ1) is 15.0. The maximum atomic E-state index is 12.0. The van der Waals surface area contributed by atoms with Crippen LogP contribution in [0.2, 0.25) is 0 Å². The third kappa shape index (κ3) is 3.24. The fourth-order valence-electron chi connectivity index (χ4n) is 2.49. The van der Waals surface area contributed by atoms with Crippen molar-refractivity contribution in [2.45, 2.75) is 53.0 Å². The molecule has 0 aliphatic carbocycles. The summed E-state index contributed by atoms with van der Waals surface area (Å²) in [6, 6.07) is -0.281. The number of nitrogens with one attached hydrogen (secondary N) is 1. The minimum atomic E-state index is -0.281. The molecule has 1 fully saturated rings. The lowest BCUT2D eigenvalue weighted by molar-refractivity contribution is -0.148. The summed E-state index contributed by atoms with van der Waals surface area (Å²) in [6.45, 7) is 9.26. The highest BCUT2D eigenvalue weighted by molar-refractivity contribution is 5.95. The van der Waals surface area contributed by atoms with E-state index < -0.39 is 0 Å². The molecular formula is C14H26N2O2. The maximum Gasteiger partial charge on any atom is 0.243 e. The first-order valence-electron chi connectivity index (χ1n) is 7.12. The lowest BCUT2D eigenvalue weighted by Crippen LogP contribution is -2.61. The van der Waals surface area contributed by atoms with Crippen molar-refractivity contribution in [3.8, 4) is 0 Å². The predicted molar refractivity (Wildman–Crippen MR) is 72.0 cm³/mol. The number of carbonyl (C=O) groups is 2. The molecule has 1 aliphatic heterocycles. The molecule has 0 saturated carbocycles. The van der Waals surface area contributed by atoms with E-state index >= 15 is 0 Å². The Morgan fingerprint density at radius 1 is 1.22 bits per heavy atom. The van der Waals surface area contributed by atoms with E-state index in [1.807, 2.05) is 11.8 Å². The van der Waals surface area contributed by atoms with Crippen LogP contribution in [0.3, 0.4) is 0 Å². The Labute approximate surface area is 110 Å². The predicted octanol–water partition coefficient (Wildman–Crippen LogP) is 1.80. The van der Waals surface area contributed by atoms with Crippen LogP contribution in [0.5, 0.6) is 0 Å². The van der Waals surface area contributed by atoms with Crippen LogP contribution < -0.4 is 5.32 Å². The van der Waals surface area contributed by atoms with Crippen LogP contribution in [0.25, 0.3) is 0 Å². The van der Waals surface area contributed by atoms with Crippen LogP contribution in [-0.4, -0.2) is 35.8 Å². The van der Waals surface area contributed by atoms with Gasteiger partial charge in [0.15, 0.2) is 0 Å². The average Bonchev–Trinajstić information content (AvgIpc) is 2.38. The highest BCUT2D eigenvalue weighted by Crippen LogP contribution is 2.21. The number of nitrogens with zero attached hydrogens (tertiary/aromatic N) is 1. The number of rotatable bonds is 6. The van der Waals surface area contributed by atoms with E-state index in [1.54, 1.807) is 0 Å². The normalized spacial score (nSPS) is 22.3. The highest BCUT2D eigenvalue weighted by atomic mass is 16.2. The number of carbonyl (C=O) groups excluding carboxylic acids is 2. The van der Waals surface area contributed by atoms with E-state index in [1.165, 1.54) is 0 Å². The summed E-state index contributed by atoms with van der Waals surface area (Å²) in [4.78, 5) is 25.9. The topological polar surface area (TPSA) is 49.4 Å². The summed E-state index contributed by atoms with van der Waals surface area (Å²) in [6.07, 6.45) is 3.01. The van der Waals surface area contributed by atoms with Gasteiger partial charge in [-0.2, -0.15) is 0 Å². The molecule has 0 aromatic heterocycles. The third-order valence-corrected chi connectivity index (χ3v) is 4.13. The molecule has 2 unspecified atom stereocenters. The molecule has 18 heavy (non-hydrogen) atoms. The van der Waals surface area contributed by atoms with Crippen LogP contribution in [0, 0.1) is 11.8 Å². The van der Waals surface area contributed by atoms with Gasteiger partial charge >= 0.3 is 0 Å². The van der Waals surface area contributed by atoms with Crippen molar-refractivity contribution in [2.24, 2.45) is 11.8 Å². The van der Waals surface area contributed by atoms with Gasteiger partial charge in [0.25, 0.3) is 0 Å². The quantitative estimate of drug-likeness (QED) is 0.785. The molecule has 1 N–H and O–H groups in total. The molecule has 0 bridgehead atoms. The van der Waals surface area contributed by atoms with Crippen LogP contribution in [0.1, 0.15) is 47.0 Å². The van der Waals surface area contributed by atoms with Gasteiger partial charge in [0.1, 0.15) is 6.04 Å². The molecule has 1 heterocycles. The molecule has 1 saturated heterocycles. The smallest absolute Gasteiger partial charge is 0.243 e. The van der Waals surface area contributed by atoms with Gasteiger partial charge in [0.2, 0.25) is 11.8 Å². The Balaban J connectivity index is 2.85. The van der Waals surface area contributed by atoms with Crippen molar-refractivity contribution in [1.82, 2.24) is 10.2 Å². The molecule has 0 radical (unpaired) electrons. The molecule has 104 valence electrons. The van der Waals surface area contributed by atoms with E-state index in [2.05, 4.69) is 26.1 Å². The van der Waals surface area contributed by atoms with Gasteiger partial charge in [-0.05, 0) is 11.8 Å². The van der Waals surface area contributed by atoms with E-state index in [-0.39, 0.29) is 30.3 Å². The lowest BCUT2D eigenvalue weighted by atomic mass is 9.93. The van der Waals surface area contributed by atoms with Crippen LogP contribution in [-0.2, 0) is 9.59 Å². The monoisotopic (exact) mass is 254 g/mol. The van der Waals surface area contributed by atoms with Gasteiger partial charge in [-0.15, -0.1) is 0 Å². The Bertz CT molecular complexity index is 300. The lowest BCUT2D eigenvalue weighted by Gasteiger charge is -2.39. The van der Waals surface area contributed by atoms with Gasteiger partial charge in [-0.1, -0.05) is 47.0 Å². The van der Waals surface area contributed by atoms with E-state index in [0.29, 0.717) is 12.5 Å². The largest absolute Gasteiger partial charge is 0.345 e. The van der Waals surface area contributed by atoms with Gasteiger partial charge in [0.05, 0.1) is 6.54 Å². The fourth-order valence-corrected chi connectivity index (χ4v) is 2.49. The second-order valence-electron chi connectivity index (χ2n) is 5.28. The highest BCUT2D eigenvalue weighted by Gasteiger charge is 2.37. The molecule has 0 spiro atoms. The Kier molecular flexibility index (Phi) is 5.63. The zero-order valence-corrected chi connectivity index (χ0v) is 12.0. The van der Waals surface area contributed by atoms with Gasteiger partial charge in [-0.25, -0.2) is 0 Å². The standard InChI is InChI=1S/C14H26N2O2/c1-5-10(4)13-14(18)15-8-12(17)16(13)9-11(6-2)7-3/h10-11,13H,5-9H2,1-4H3,(H,15,18). The minimum Gasteiger partial charge on any atom is -0.345 e. The van der Waals surface area contributed by atoms with Gasteiger partial charge in [-0.3, -0.25) is 9.59 Å². The minimum absolute atomic E-state index is 0.00917. The summed E-state index contributed by atoms with van der Waals surface area (Å²) in [7, 11) is 0. The average molecular weight is 254 g/mol. The Morgan fingerprint density at radius 2 is 1.83 bits per heavy atom. The summed E-state index contributed by atoms with van der Waals surface area (Å²) >= 11 is 0. The van der Waals surface area contributed by atoms with Crippen molar-refractivity contribution in [3.05, 3.63) is 0 Å². The van der Waals surface area contributed by atoms with Gasteiger partial charge < -0.3 is 10.2 Å². The molecule has 2 atom stereocenters. The van der Waals surface area contributed by atoms with Crippen LogP contribution in [0.4, 0.5) is 0 Å². The molecule has 0 aromatic rings. The van der Waals surface area contributed by atoms with Crippen molar-refractivity contribution in [2.75, 3.05) is 13.1 Å². The molecule has 4 heteroatoms. The van der Waals surface area contributed by atoms with E-state index in [4.69, 9.17) is 0 Å². The zero-order valence-electron chi connectivity index (χ0n) is 12.0. The van der Waals surface area contributed by atoms with Crippen LogP contribution >= 0.6 is 0 Å². The van der Waals surface area contributed by atoms with Crippen molar-refractivity contribution in [1.29, 1.82) is 0 Å². The first-order valence-corrected chi connectivity index (χ1v) is 7.12. The van der Waals surface area contributed by atoms with Crippen molar-refractivity contribution in [3.63, 3.8) is 0 Å². The van der Waals surface area contributed by atoms with Crippen molar-refractivity contribution >= 4 is 11.8 Å². The summed E-state index contributed by atoms with van der Waals surface area (Å²) < 4.78 is 0. The van der Waals surface area contributed by atoms with Crippen molar-refractivity contribution < 1.29 is 9.59 Å². The molecular weight excluding hydrogens is 228 g/mol. The zero-order chi connectivity index (χ0) is 13.7.